The van der Waals surface area contributed by atoms with Crippen LogP contribution < -0.4 is 0 Å². The van der Waals surface area contributed by atoms with Gasteiger partial charge in [0.05, 0.1) is 0 Å². The maximum atomic E-state index is 2.34. The van der Waals surface area contributed by atoms with E-state index in [1.165, 1.54) is 63.4 Å². The summed E-state index contributed by atoms with van der Waals surface area (Å²) in [6.07, 6.45) is 14.5. The fourth-order valence-electron chi connectivity index (χ4n) is 3.26. The van der Waals surface area contributed by atoms with Crippen LogP contribution in [0.25, 0.3) is 0 Å². The van der Waals surface area contributed by atoms with Crippen molar-refractivity contribution in [1.82, 2.24) is 0 Å². The van der Waals surface area contributed by atoms with Gasteiger partial charge in [0, 0.05) is 0 Å². The van der Waals surface area contributed by atoms with Crippen molar-refractivity contribution in [2.45, 2.75) is 85.0 Å². The molecule has 1 aromatic rings. The molecule has 0 atom stereocenters. The molecule has 0 spiro atoms. The second-order valence-electron chi connectivity index (χ2n) is 6.79. The maximum Gasteiger partial charge on any atom is -0.0307 e. The lowest BCUT2D eigenvalue weighted by atomic mass is 10.1. The zero-order valence-corrected chi connectivity index (χ0v) is 14.6. The molecule has 0 bridgehead atoms. The zero-order valence-electron chi connectivity index (χ0n) is 14.6. The third-order valence-electron chi connectivity index (χ3n) is 4.95. The summed E-state index contributed by atoms with van der Waals surface area (Å²) < 4.78 is 0. The predicted molar refractivity (Wildman–Crippen MR) is 95.7 cm³/mol. The lowest BCUT2D eigenvalue weighted by Crippen LogP contribution is -1.86. The summed E-state index contributed by atoms with van der Waals surface area (Å²) in [6, 6.07) is 10.5. The fraction of sp³-hybridized carbons (Fsp3) is 0.714. The summed E-state index contributed by atoms with van der Waals surface area (Å²) in [7, 11) is 0. The Labute approximate surface area is 133 Å². The van der Waals surface area contributed by atoms with Gasteiger partial charge in [0.25, 0.3) is 0 Å². The Kier molecular flexibility index (Phi) is 10.3. The van der Waals surface area contributed by atoms with Gasteiger partial charge in [0.2, 0.25) is 0 Å². The van der Waals surface area contributed by atoms with Gasteiger partial charge in [-0.25, -0.2) is 0 Å². The first kappa shape index (κ1) is 18.3. The minimum Gasteiger partial charge on any atom is -0.0651 e. The maximum absolute atomic E-state index is 2.34. The Morgan fingerprint density at radius 2 is 1.33 bits per heavy atom. The van der Waals surface area contributed by atoms with E-state index < -0.39 is 0 Å². The van der Waals surface area contributed by atoms with Crippen molar-refractivity contribution in [1.29, 1.82) is 0 Å². The summed E-state index contributed by atoms with van der Waals surface area (Å²) in [5.74, 6) is 2.14. The number of hydrogen-bond donors (Lipinski definition) is 0. The molecule has 1 aromatic carbocycles. The van der Waals surface area contributed by atoms with Gasteiger partial charge in [-0.15, -0.1) is 0 Å². The highest BCUT2D eigenvalue weighted by Gasteiger charge is 2.11. The second-order valence-corrected chi connectivity index (χ2v) is 6.79. The van der Waals surface area contributed by atoms with Crippen molar-refractivity contribution in [3.05, 3.63) is 35.9 Å². The van der Waals surface area contributed by atoms with E-state index in [-0.39, 0.29) is 0 Å². The SMILES string of the molecule is CC1CCCC1.CCC1CCCC1.CCc1ccccc1. The highest BCUT2D eigenvalue weighted by molar-refractivity contribution is 5.13. The Hall–Kier alpha value is -0.780. The van der Waals surface area contributed by atoms with Crippen LogP contribution in [-0.2, 0) is 6.42 Å². The molecule has 2 saturated carbocycles. The van der Waals surface area contributed by atoms with Crippen LogP contribution in [0.2, 0.25) is 0 Å². The number of hydrogen-bond acceptors (Lipinski definition) is 0. The molecule has 0 saturated heterocycles. The molecule has 0 heteroatoms. The Morgan fingerprint density at radius 1 is 0.810 bits per heavy atom. The van der Waals surface area contributed by atoms with Crippen LogP contribution >= 0.6 is 0 Å². The second kappa shape index (κ2) is 11.8. The van der Waals surface area contributed by atoms with Crippen molar-refractivity contribution in [2.75, 3.05) is 0 Å². The van der Waals surface area contributed by atoms with E-state index in [4.69, 9.17) is 0 Å². The van der Waals surface area contributed by atoms with Gasteiger partial charge in [-0.1, -0.05) is 109 Å². The molecule has 0 unspecified atom stereocenters. The van der Waals surface area contributed by atoms with Crippen molar-refractivity contribution in [2.24, 2.45) is 11.8 Å². The van der Waals surface area contributed by atoms with E-state index in [1.54, 1.807) is 0 Å². The van der Waals surface area contributed by atoms with Crippen LogP contribution in [0.3, 0.4) is 0 Å². The highest BCUT2D eigenvalue weighted by Crippen LogP contribution is 2.26. The van der Waals surface area contributed by atoms with Gasteiger partial charge in [0.15, 0.2) is 0 Å². The fourth-order valence-corrected chi connectivity index (χ4v) is 3.26. The van der Waals surface area contributed by atoms with Gasteiger partial charge in [0.1, 0.15) is 0 Å². The molecule has 0 nitrogen and oxygen atoms in total. The summed E-state index contributed by atoms with van der Waals surface area (Å²) >= 11 is 0. The molecule has 2 aliphatic rings. The average Bonchev–Trinajstić information content (AvgIpc) is 3.22. The topological polar surface area (TPSA) is 0 Å². The normalized spacial score (nSPS) is 18.6. The molecule has 0 radical (unpaired) electrons. The standard InChI is InChI=1S/C8H10.C7H14.C6H12/c1-2-8-6-4-3-5-7-8;1-2-7-5-3-4-6-7;1-6-4-2-3-5-6/h3-7H,2H2,1H3;7H,2-6H2,1H3;6H,2-5H2,1H3. The smallest absolute Gasteiger partial charge is 0.0307 e. The van der Waals surface area contributed by atoms with Crippen LogP contribution in [0.1, 0.15) is 84.1 Å². The monoisotopic (exact) mass is 288 g/mol. The minimum atomic E-state index is 1.05. The van der Waals surface area contributed by atoms with Gasteiger partial charge in [-0.3, -0.25) is 0 Å². The van der Waals surface area contributed by atoms with Crippen LogP contribution in [0, 0.1) is 11.8 Å². The van der Waals surface area contributed by atoms with Crippen molar-refractivity contribution in [3.8, 4) is 0 Å². The number of rotatable bonds is 2. The molecule has 0 aromatic heterocycles. The molecular formula is C21H36. The van der Waals surface area contributed by atoms with Crippen molar-refractivity contribution in [3.63, 3.8) is 0 Å². The van der Waals surface area contributed by atoms with E-state index in [9.17, 15) is 0 Å². The Balaban J connectivity index is 0.000000159. The molecule has 0 amide bonds. The van der Waals surface area contributed by atoms with Crippen molar-refractivity contribution >= 4 is 0 Å². The average molecular weight is 289 g/mol. The van der Waals surface area contributed by atoms with E-state index >= 15 is 0 Å². The van der Waals surface area contributed by atoms with Crippen LogP contribution in [-0.4, -0.2) is 0 Å². The Bertz CT molecular complexity index is 315. The quantitative estimate of drug-likeness (QED) is 0.548. The molecule has 21 heavy (non-hydrogen) atoms. The van der Waals surface area contributed by atoms with Gasteiger partial charge in [-0.05, 0) is 23.8 Å². The molecule has 2 fully saturated rings. The van der Waals surface area contributed by atoms with E-state index in [1.807, 2.05) is 6.07 Å². The van der Waals surface area contributed by atoms with Gasteiger partial charge >= 0.3 is 0 Å². The molecule has 2 aliphatic carbocycles. The summed E-state index contributed by atoms with van der Waals surface area (Å²) in [6.45, 7) is 6.80. The third-order valence-corrected chi connectivity index (χ3v) is 4.95. The first-order chi connectivity index (χ1) is 10.3. The number of benzene rings is 1. The van der Waals surface area contributed by atoms with Gasteiger partial charge in [-0.2, -0.15) is 0 Å². The Morgan fingerprint density at radius 3 is 1.62 bits per heavy atom. The number of aryl methyl sites for hydroxylation is 1. The first-order valence-corrected chi connectivity index (χ1v) is 9.30. The van der Waals surface area contributed by atoms with Crippen LogP contribution in [0.15, 0.2) is 30.3 Å². The lowest BCUT2D eigenvalue weighted by molar-refractivity contribution is 0.531. The first-order valence-electron chi connectivity index (χ1n) is 9.30. The minimum absolute atomic E-state index is 1.05. The molecule has 120 valence electrons. The van der Waals surface area contributed by atoms with E-state index in [0.717, 1.165) is 18.3 Å². The van der Waals surface area contributed by atoms with Crippen LogP contribution in [0.4, 0.5) is 0 Å². The highest BCUT2D eigenvalue weighted by atomic mass is 14.2. The summed E-state index contributed by atoms with van der Waals surface area (Å²) in [5.41, 5.74) is 1.41. The molecule has 0 N–H and O–H groups in total. The van der Waals surface area contributed by atoms with Crippen LogP contribution in [0.5, 0.6) is 0 Å². The predicted octanol–water partition coefficient (Wildman–Crippen LogP) is 7.03. The van der Waals surface area contributed by atoms with Gasteiger partial charge < -0.3 is 0 Å². The summed E-state index contributed by atoms with van der Waals surface area (Å²) in [4.78, 5) is 0. The van der Waals surface area contributed by atoms with E-state index in [2.05, 4.69) is 45.0 Å². The molecular weight excluding hydrogens is 252 g/mol. The van der Waals surface area contributed by atoms with E-state index in [0.29, 0.717) is 0 Å². The molecule has 0 aliphatic heterocycles. The zero-order chi connectivity index (χ0) is 15.3. The lowest BCUT2D eigenvalue weighted by Gasteiger charge is -1.99. The third kappa shape index (κ3) is 8.96. The largest absolute Gasteiger partial charge is 0.0651 e. The van der Waals surface area contributed by atoms with Crippen molar-refractivity contribution < 1.29 is 0 Å². The molecule has 0 heterocycles. The molecule has 3 rings (SSSR count). The summed E-state index contributed by atoms with van der Waals surface area (Å²) in [5, 5.41) is 0.